The molecule has 0 aliphatic rings. The van der Waals surface area contributed by atoms with Gasteiger partial charge in [0.15, 0.2) is 0 Å². The van der Waals surface area contributed by atoms with Crippen LogP contribution in [0.25, 0.3) is 0 Å². The second-order valence-corrected chi connectivity index (χ2v) is 5.66. The van der Waals surface area contributed by atoms with E-state index in [-0.39, 0.29) is 11.9 Å². The van der Waals surface area contributed by atoms with E-state index in [4.69, 9.17) is 4.74 Å². The molecule has 0 bridgehead atoms. The van der Waals surface area contributed by atoms with Crippen LogP contribution in [0, 0.1) is 0 Å². The van der Waals surface area contributed by atoms with Gasteiger partial charge in [0.1, 0.15) is 11.6 Å². The first-order valence-electron chi connectivity index (χ1n) is 7.48. The molecule has 1 amide bonds. The van der Waals surface area contributed by atoms with Gasteiger partial charge in [0.05, 0.1) is 18.7 Å². The highest BCUT2D eigenvalue weighted by Crippen LogP contribution is 2.23. The number of carbonyl (C=O) groups is 1. The van der Waals surface area contributed by atoms with E-state index in [2.05, 4.69) is 4.98 Å². The lowest BCUT2D eigenvalue weighted by Crippen LogP contribution is -2.29. The van der Waals surface area contributed by atoms with Gasteiger partial charge in [0, 0.05) is 27.3 Å². The molecule has 2 rings (SSSR count). The Morgan fingerprint density at radius 1 is 1.09 bits per heavy atom. The van der Waals surface area contributed by atoms with Crippen molar-refractivity contribution in [1.82, 2.24) is 9.88 Å². The highest BCUT2D eigenvalue weighted by molar-refractivity contribution is 5.94. The molecular weight excluding hydrogens is 290 g/mol. The molecule has 0 N–H and O–H groups in total. The summed E-state index contributed by atoms with van der Waals surface area (Å²) in [6.07, 6.45) is 1.62. The van der Waals surface area contributed by atoms with Crippen LogP contribution in [0.3, 0.4) is 0 Å². The first-order valence-corrected chi connectivity index (χ1v) is 7.48. The predicted molar refractivity (Wildman–Crippen MR) is 92.1 cm³/mol. The van der Waals surface area contributed by atoms with Crippen LogP contribution in [-0.2, 0) is 0 Å². The summed E-state index contributed by atoms with van der Waals surface area (Å²) >= 11 is 0. The van der Waals surface area contributed by atoms with Crippen molar-refractivity contribution in [3.8, 4) is 5.75 Å². The number of benzene rings is 1. The molecule has 0 aliphatic carbocycles. The van der Waals surface area contributed by atoms with Crippen molar-refractivity contribution >= 4 is 11.7 Å². The molecule has 1 unspecified atom stereocenters. The van der Waals surface area contributed by atoms with Gasteiger partial charge in [0.2, 0.25) is 0 Å². The van der Waals surface area contributed by atoms with Crippen LogP contribution >= 0.6 is 0 Å². The van der Waals surface area contributed by atoms with Crippen molar-refractivity contribution in [2.45, 2.75) is 13.0 Å². The van der Waals surface area contributed by atoms with E-state index < -0.39 is 0 Å². The largest absolute Gasteiger partial charge is 0.497 e. The molecule has 0 spiro atoms. The summed E-state index contributed by atoms with van der Waals surface area (Å²) < 4.78 is 5.16. The summed E-state index contributed by atoms with van der Waals surface area (Å²) in [6.45, 7) is 2.00. The second kappa shape index (κ2) is 7.13. The quantitative estimate of drug-likeness (QED) is 0.851. The molecule has 1 aromatic heterocycles. The number of amides is 1. The summed E-state index contributed by atoms with van der Waals surface area (Å²) in [5.41, 5.74) is 1.64. The number of methoxy groups -OCH3 is 1. The minimum atomic E-state index is -0.0499. The minimum absolute atomic E-state index is 0.0399. The van der Waals surface area contributed by atoms with Gasteiger partial charge in [-0.25, -0.2) is 4.98 Å². The normalized spacial score (nSPS) is 11.7. The molecule has 2 aromatic rings. The Bertz CT molecular complexity index is 651. The second-order valence-electron chi connectivity index (χ2n) is 5.66. The molecule has 23 heavy (non-hydrogen) atoms. The average molecular weight is 313 g/mol. The molecule has 0 fully saturated rings. The predicted octanol–water partition coefficient (Wildman–Crippen LogP) is 2.99. The van der Waals surface area contributed by atoms with Crippen molar-refractivity contribution < 1.29 is 9.53 Å². The van der Waals surface area contributed by atoms with Crippen molar-refractivity contribution in [3.05, 3.63) is 53.7 Å². The van der Waals surface area contributed by atoms with E-state index in [0.29, 0.717) is 5.56 Å². The van der Waals surface area contributed by atoms with Gasteiger partial charge < -0.3 is 14.5 Å². The Labute approximate surface area is 137 Å². The molecule has 5 heteroatoms. The van der Waals surface area contributed by atoms with Gasteiger partial charge >= 0.3 is 0 Å². The van der Waals surface area contributed by atoms with Gasteiger partial charge in [-0.3, -0.25) is 4.79 Å². The van der Waals surface area contributed by atoms with Crippen LogP contribution in [0.2, 0.25) is 0 Å². The number of ether oxygens (including phenoxy) is 1. The van der Waals surface area contributed by atoms with Gasteiger partial charge in [-0.15, -0.1) is 0 Å². The Hall–Kier alpha value is -2.56. The van der Waals surface area contributed by atoms with Crippen molar-refractivity contribution in [3.63, 3.8) is 0 Å². The third-order valence-corrected chi connectivity index (χ3v) is 3.95. The SMILES string of the molecule is COc1ccc(C(C)N(C)C(=O)c2ccc(N(C)C)nc2)cc1. The van der Waals surface area contributed by atoms with Crippen LogP contribution < -0.4 is 9.64 Å². The third-order valence-electron chi connectivity index (χ3n) is 3.95. The maximum atomic E-state index is 12.6. The third kappa shape index (κ3) is 3.80. The van der Waals surface area contributed by atoms with E-state index in [1.54, 1.807) is 25.3 Å². The van der Waals surface area contributed by atoms with Crippen molar-refractivity contribution in [1.29, 1.82) is 0 Å². The summed E-state index contributed by atoms with van der Waals surface area (Å²) in [5, 5.41) is 0. The van der Waals surface area contributed by atoms with E-state index in [0.717, 1.165) is 17.1 Å². The number of hydrogen-bond donors (Lipinski definition) is 0. The molecule has 122 valence electrons. The number of rotatable bonds is 5. The van der Waals surface area contributed by atoms with Gasteiger partial charge in [-0.1, -0.05) is 12.1 Å². The first kappa shape index (κ1) is 16.8. The highest BCUT2D eigenvalue weighted by atomic mass is 16.5. The average Bonchev–Trinajstić information content (AvgIpc) is 2.60. The van der Waals surface area contributed by atoms with E-state index >= 15 is 0 Å². The number of hydrogen-bond acceptors (Lipinski definition) is 4. The van der Waals surface area contributed by atoms with Crippen molar-refractivity contribution in [2.75, 3.05) is 33.2 Å². The standard InChI is InChI=1S/C18H23N3O2/c1-13(14-6-9-16(23-5)10-7-14)21(4)18(22)15-8-11-17(19-12-15)20(2)3/h6-13H,1-5H3. The molecule has 0 saturated carbocycles. The number of anilines is 1. The number of aromatic nitrogens is 1. The summed E-state index contributed by atoms with van der Waals surface area (Å²) in [6, 6.07) is 11.4. The number of nitrogens with zero attached hydrogens (tertiary/aromatic N) is 3. The lowest BCUT2D eigenvalue weighted by molar-refractivity contribution is 0.0742. The molecule has 0 radical (unpaired) electrons. The molecule has 0 aliphatic heterocycles. The van der Waals surface area contributed by atoms with Crippen LogP contribution in [0.5, 0.6) is 5.75 Å². The zero-order chi connectivity index (χ0) is 17.0. The number of pyridine rings is 1. The van der Waals surface area contributed by atoms with E-state index in [1.807, 2.05) is 62.3 Å². The molecular formula is C18H23N3O2. The maximum absolute atomic E-state index is 12.6. The summed E-state index contributed by atoms with van der Waals surface area (Å²) in [5.74, 6) is 1.58. The Morgan fingerprint density at radius 2 is 1.74 bits per heavy atom. The van der Waals surface area contributed by atoms with Crippen LogP contribution in [-0.4, -0.2) is 44.0 Å². The summed E-state index contributed by atoms with van der Waals surface area (Å²) in [4.78, 5) is 20.5. The lowest BCUT2D eigenvalue weighted by atomic mass is 10.1. The zero-order valence-electron chi connectivity index (χ0n) is 14.3. The highest BCUT2D eigenvalue weighted by Gasteiger charge is 2.19. The Balaban J connectivity index is 2.14. The topological polar surface area (TPSA) is 45.7 Å². The van der Waals surface area contributed by atoms with Gasteiger partial charge in [-0.2, -0.15) is 0 Å². The maximum Gasteiger partial charge on any atom is 0.255 e. The molecule has 5 nitrogen and oxygen atoms in total. The minimum Gasteiger partial charge on any atom is -0.497 e. The molecule has 1 heterocycles. The van der Waals surface area contributed by atoms with E-state index in [9.17, 15) is 4.79 Å². The monoisotopic (exact) mass is 313 g/mol. The number of carbonyl (C=O) groups excluding carboxylic acids is 1. The fraction of sp³-hybridized carbons (Fsp3) is 0.333. The zero-order valence-corrected chi connectivity index (χ0v) is 14.3. The van der Waals surface area contributed by atoms with Gasteiger partial charge in [-0.05, 0) is 36.8 Å². The van der Waals surface area contributed by atoms with Crippen molar-refractivity contribution in [2.24, 2.45) is 0 Å². The van der Waals surface area contributed by atoms with Crippen LogP contribution in [0.4, 0.5) is 5.82 Å². The van der Waals surface area contributed by atoms with Crippen LogP contribution in [0.15, 0.2) is 42.6 Å². The molecule has 1 atom stereocenters. The van der Waals surface area contributed by atoms with Gasteiger partial charge in [0.25, 0.3) is 5.91 Å². The summed E-state index contributed by atoms with van der Waals surface area (Å²) in [7, 11) is 7.28. The molecule has 0 saturated heterocycles. The first-order chi connectivity index (χ1) is 10.9. The fourth-order valence-electron chi connectivity index (χ4n) is 2.26. The van der Waals surface area contributed by atoms with Crippen LogP contribution in [0.1, 0.15) is 28.9 Å². The fourth-order valence-corrected chi connectivity index (χ4v) is 2.26. The smallest absolute Gasteiger partial charge is 0.255 e. The van der Waals surface area contributed by atoms with E-state index in [1.165, 1.54) is 0 Å². The lowest BCUT2D eigenvalue weighted by Gasteiger charge is -2.25. The Morgan fingerprint density at radius 3 is 2.22 bits per heavy atom. The Kier molecular flexibility index (Phi) is 5.21. The molecule has 1 aromatic carbocycles.